The molecule has 0 aliphatic carbocycles. The van der Waals surface area contributed by atoms with Crippen LogP contribution in [0.1, 0.15) is 85.1 Å². The third-order valence-corrected chi connectivity index (χ3v) is 7.36. The molecule has 7 N–H and O–H groups in total. The molecule has 13 nitrogen and oxygen atoms in total. The van der Waals surface area contributed by atoms with Crippen molar-refractivity contribution in [3.63, 3.8) is 0 Å². The lowest BCUT2D eigenvalue weighted by Gasteiger charge is -2.16. The van der Waals surface area contributed by atoms with Gasteiger partial charge in [0.25, 0.3) is 17.7 Å². The number of benzene rings is 3. The van der Waals surface area contributed by atoms with Gasteiger partial charge in [-0.2, -0.15) is 13.2 Å². The number of carbonyl (C=O) groups excluding carboxylic acids is 4. The second-order valence-electron chi connectivity index (χ2n) is 10.5. The number of nitrogens with one attached hydrogen (secondary N) is 5. The van der Waals surface area contributed by atoms with Crippen molar-refractivity contribution < 1.29 is 47.3 Å². The normalized spacial score (nSPS) is 12.0. The molecular weight excluding hydrogens is 673 g/mol. The van der Waals surface area contributed by atoms with Gasteiger partial charge in [0.1, 0.15) is 11.3 Å². The lowest BCUT2D eigenvalue weighted by atomic mass is 10.0. The first-order chi connectivity index (χ1) is 23.0. The first kappa shape index (κ1) is 38.0. The molecule has 49 heavy (non-hydrogen) atoms. The molecule has 5 amide bonds. The van der Waals surface area contributed by atoms with Crippen molar-refractivity contribution in [3.05, 3.63) is 117 Å². The number of rotatable bonds is 8. The van der Waals surface area contributed by atoms with E-state index in [4.69, 9.17) is 26.5 Å². The van der Waals surface area contributed by atoms with E-state index in [0.29, 0.717) is 28.1 Å². The number of urea groups is 1. The van der Waals surface area contributed by atoms with Crippen LogP contribution in [0.5, 0.6) is 0 Å². The number of hydrogen-bond acceptors (Lipinski definition) is 8. The molecule has 0 saturated heterocycles. The van der Waals surface area contributed by atoms with Crippen LogP contribution in [0, 0.1) is 13.8 Å². The molecule has 0 fully saturated rings. The second-order valence-corrected chi connectivity index (χ2v) is 10.9. The minimum Gasteiger partial charge on any atom is -0.361 e. The van der Waals surface area contributed by atoms with E-state index in [9.17, 15) is 32.3 Å². The van der Waals surface area contributed by atoms with Gasteiger partial charge in [0.05, 0.1) is 28.4 Å². The van der Waals surface area contributed by atoms with E-state index in [1.807, 2.05) is 6.92 Å². The highest BCUT2D eigenvalue weighted by Crippen LogP contribution is 2.36. The Kier molecular flexibility index (Phi) is 12.9. The summed E-state index contributed by atoms with van der Waals surface area (Å²) >= 11 is 5.53. The Labute approximate surface area is 282 Å². The van der Waals surface area contributed by atoms with Crippen molar-refractivity contribution in [2.45, 2.75) is 46.0 Å². The van der Waals surface area contributed by atoms with Gasteiger partial charge in [-0.15, -0.1) is 0 Å². The molecule has 260 valence electrons. The fraction of sp³-hybridized carbons (Fsp3) is 0.219. The number of hydroxylamine groups is 2. The predicted octanol–water partition coefficient (Wildman–Crippen LogP) is 6.26. The fourth-order valence-electron chi connectivity index (χ4n) is 4.40. The zero-order chi connectivity index (χ0) is 36.5. The van der Waals surface area contributed by atoms with E-state index in [0.717, 1.165) is 17.7 Å². The highest BCUT2D eigenvalue weighted by molar-refractivity contribution is 6.31. The minimum absolute atomic E-state index is 0.0635. The number of carbonyl (C=O) groups is 4. The number of halogens is 4. The molecule has 0 aliphatic heterocycles. The Morgan fingerprint density at radius 2 is 1.27 bits per heavy atom. The number of nitrogens with zero attached hydrogens (tertiary/aromatic N) is 1. The molecule has 0 radical (unpaired) electrons. The average Bonchev–Trinajstić information content (AvgIpc) is 3.41. The number of anilines is 1. The third-order valence-electron chi connectivity index (χ3n) is 7.03. The van der Waals surface area contributed by atoms with Gasteiger partial charge >= 0.3 is 12.2 Å². The van der Waals surface area contributed by atoms with Gasteiger partial charge in [-0.05, 0) is 81.3 Å². The number of aromatic nitrogens is 1. The van der Waals surface area contributed by atoms with Gasteiger partial charge in [0.2, 0.25) is 0 Å². The highest BCUT2D eigenvalue weighted by atomic mass is 35.5. The zero-order valence-corrected chi connectivity index (χ0v) is 27.2. The van der Waals surface area contributed by atoms with E-state index in [2.05, 4.69) is 21.1 Å². The van der Waals surface area contributed by atoms with E-state index in [1.165, 1.54) is 23.7 Å². The molecular formula is C32H32ClF3N6O7. The summed E-state index contributed by atoms with van der Waals surface area (Å²) in [5.74, 6) is -1.06. The topological polar surface area (TPSA) is 195 Å². The summed E-state index contributed by atoms with van der Waals surface area (Å²) in [6.07, 6.45) is -4.64. The van der Waals surface area contributed by atoms with Gasteiger partial charge in [-0.3, -0.25) is 24.8 Å². The zero-order valence-electron chi connectivity index (χ0n) is 26.4. The highest BCUT2D eigenvalue weighted by Gasteiger charge is 2.33. The molecule has 4 aromatic rings. The number of amides is 5. The number of aryl methyl sites for hydroxylation is 2. The van der Waals surface area contributed by atoms with Crippen molar-refractivity contribution in [1.29, 1.82) is 0 Å². The van der Waals surface area contributed by atoms with Gasteiger partial charge in [-0.25, -0.2) is 15.8 Å². The molecule has 3 aromatic carbocycles. The van der Waals surface area contributed by atoms with Crippen LogP contribution < -0.4 is 26.9 Å². The molecule has 1 aromatic heterocycles. The lowest BCUT2D eigenvalue weighted by Crippen LogP contribution is -2.31. The molecule has 0 bridgehead atoms. The van der Waals surface area contributed by atoms with Crippen LogP contribution in [-0.4, -0.2) is 39.3 Å². The van der Waals surface area contributed by atoms with E-state index in [1.54, 1.807) is 62.6 Å². The monoisotopic (exact) mass is 704 g/mol. The van der Waals surface area contributed by atoms with Crippen molar-refractivity contribution in [2.24, 2.45) is 0 Å². The van der Waals surface area contributed by atoms with Crippen molar-refractivity contribution in [1.82, 2.24) is 26.8 Å². The van der Waals surface area contributed by atoms with Crippen molar-refractivity contribution in [2.75, 3.05) is 5.32 Å². The summed E-state index contributed by atoms with van der Waals surface area (Å²) in [7, 11) is 0. The summed E-state index contributed by atoms with van der Waals surface area (Å²) in [4.78, 5) is 46.8. The maximum absolute atomic E-state index is 12.9. The van der Waals surface area contributed by atoms with E-state index >= 15 is 0 Å². The first-order valence-electron chi connectivity index (χ1n) is 14.3. The predicted molar refractivity (Wildman–Crippen MR) is 170 cm³/mol. The van der Waals surface area contributed by atoms with Crippen LogP contribution in [0.2, 0.25) is 5.02 Å². The molecule has 2 atom stereocenters. The van der Waals surface area contributed by atoms with Gasteiger partial charge in [0, 0.05) is 16.8 Å². The molecule has 4 rings (SSSR count). The number of hydrogen-bond donors (Lipinski definition) is 7. The van der Waals surface area contributed by atoms with E-state index in [-0.39, 0.29) is 23.2 Å². The van der Waals surface area contributed by atoms with Crippen LogP contribution in [0.3, 0.4) is 0 Å². The summed E-state index contributed by atoms with van der Waals surface area (Å²) in [6.45, 7) is 6.88. The van der Waals surface area contributed by atoms with Crippen molar-refractivity contribution in [3.8, 4) is 0 Å². The summed E-state index contributed by atoms with van der Waals surface area (Å²) in [5, 5.41) is 28.2. The SMILES string of the molecule is CC(NC(=O)Nc1ccc(Cl)c(C(F)(F)F)c1)c1ccc(C(=O)NO)cc1.Cc1noc(C)c1C(=O)NC(C)c1ccc(C(=O)NO)cc1. The molecule has 17 heteroatoms. The standard InChI is InChI=1S/C17H15ClF3N3O3.C15H17N3O4/c1-9(10-2-4-11(5-3-10)15(25)24-27)22-16(26)23-12-6-7-14(18)13(8-12)17(19,20)21;1-8(11-4-6-12(7-5-11)14(19)17-21)16-15(20)13-9(2)18-22-10(13)3/h2-9,27H,1H3,(H,24,25)(H2,22,23,26);4-8,21H,1-3H3,(H,16,20)(H,17,19). The maximum Gasteiger partial charge on any atom is 0.417 e. The second kappa shape index (κ2) is 16.6. The Hall–Kier alpha value is -5.45. The molecule has 0 saturated carbocycles. The van der Waals surface area contributed by atoms with Crippen LogP contribution in [-0.2, 0) is 6.18 Å². The van der Waals surface area contributed by atoms with Crippen LogP contribution in [0.4, 0.5) is 23.7 Å². The Morgan fingerprint density at radius 3 is 1.69 bits per heavy atom. The minimum atomic E-state index is -4.64. The van der Waals surface area contributed by atoms with Crippen LogP contribution in [0.15, 0.2) is 71.3 Å². The first-order valence-corrected chi connectivity index (χ1v) is 14.7. The van der Waals surface area contributed by atoms with Crippen LogP contribution in [0.25, 0.3) is 0 Å². The van der Waals surface area contributed by atoms with Gasteiger partial charge < -0.3 is 20.5 Å². The summed E-state index contributed by atoms with van der Waals surface area (Å²) < 4.78 is 43.5. The van der Waals surface area contributed by atoms with Crippen molar-refractivity contribution >= 4 is 41.0 Å². The third kappa shape index (κ3) is 10.3. The molecule has 0 spiro atoms. The Morgan fingerprint density at radius 1 is 0.776 bits per heavy atom. The molecule has 2 unspecified atom stereocenters. The van der Waals surface area contributed by atoms with Gasteiger partial charge in [-0.1, -0.05) is 41.0 Å². The Balaban J connectivity index is 0.000000271. The summed E-state index contributed by atoms with van der Waals surface area (Å²) in [6, 6.07) is 14.2. The quantitative estimate of drug-likeness (QED) is 0.0824. The average molecular weight is 705 g/mol. The molecule has 0 aliphatic rings. The van der Waals surface area contributed by atoms with Crippen LogP contribution >= 0.6 is 11.6 Å². The summed E-state index contributed by atoms with van der Waals surface area (Å²) in [5.41, 5.74) is 4.95. The van der Waals surface area contributed by atoms with E-state index < -0.39 is 40.6 Å². The Bertz CT molecular complexity index is 1780. The number of alkyl halides is 3. The smallest absolute Gasteiger partial charge is 0.361 e. The molecule has 1 heterocycles. The fourth-order valence-corrected chi connectivity index (χ4v) is 4.63. The largest absolute Gasteiger partial charge is 0.417 e. The maximum atomic E-state index is 12.9. The van der Waals surface area contributed by atoms with Gasteiger partial charge in [0.15, 0.2) is 0 Å². The lowest BCUT2D eigenvalue weighted by molar-refractivity contribution is -0.137.